The minimum absolute atomic E-state index is 0. The fourth-order valence-electron chi connectivity index (χ4n) is 5.03. The highest BCUT2D eigenvalue weighted by Gasteiger charge is 2.30. The summed E-state index contributed by atoms with van der Waals surface area (Å²) in [7, 11) is 4.07. The molecule has 0 bridgehead atoms. The zero-order chi connectivity index (χ0) is 18.6. The lowest BCUT2D eigenvalue weighted by Gasteiger charge is -2.28. The predicted octanol–water partition coefficient (Wildman–Crippen LogP) is 3.37. The van der Waals surface area contributed by atoms with Gasteiger partial charge in [-0.15, -0.1) is 24.0 Å². The fraction of sp³-hybridized carbons (Fsp3) is 0.682. The summed E-state index contributed by atoms with van der Waals surface area (Å²) in [5, 5.41) is 7.17. The van der Waals surface area contributed by atoms with E-state index in [1.54, 1.807) is 0 Å². The quantitative estimate of drug-likeness (QED) is 0.381. The molecular weight excluding hydrogens is 461 g/mol. The molecule has 2 heterocycles. The van der Waals surface area contributed by atoms with Crippen molar-refractivity contribution in [3.63, 3.8) is 0 Å². The number of rotatable bonds is 4. The number of hydrogen-bond donors (Lipinski definition) is 2. The third kappa shape index (κ3) is 5.12. The van der Waals surface area contributed by atoms with Crippen LogP contribution >= 0.6 is 24.0 Å². The molecule has 0 aromatic heterocycles. The van der Waals surface area contributed by atoms with Gasteiger partial charge in [0.25, 0.3) is 0 Å². The summed E-state index contributed by atoms with van der Waals surface area (Å²) >= 11 is 0. The van der Waals surface area contributed by atoms with Gasteiger partial charge in [-0.1, -0.05) is 25.0 Å². The molecule has 1 aromatic carbocycles. The molecule has 0 radical (unpaired) electrons. The molecule has 1 atom stereocenters. The van der Waals surface area contributed by atoms with Crippen LogP contribution in [0.1, 0.15) is 49.7 Å². The van der Waals surface area contributed by atoms with Crippen LogP contribution in [0, 0.1) is 0 Å². The van der Waals surface area contributed by atoms with Gasteiger partial charge in [-0.05, 0) is 49.3 Å². The van der Waals surface area contributed by atoms with E-state index in [0.29, 0.717) is 6.04 Å². The molecule has 0 amide bonds. The Hall–Kier alpha value is -1.02. The number of nitrogens with one attached hydrogen (secondary N) is 2. The van der Waals surface area contributed by atoms with Crippen molar-refractivity contribution >= 4 is 35.6 Å². The van der Waals surface area contributed by atoms with Crippen LogP contribution in [-0.2, 0) is 13.0 Å². The van der Waals surface area contributed by atoms with E-state index in [-0.39, 0.29) is 24.0 Å². The van der Waals surface area contributed by atoms with E-state index in [2.05, 4.69) is 50.7 Å². The van der Waals surface area contributed by atoms with Crippen molar-refractivity contribution < 1.29 is 0 Å². The third-order valence-corrected chi connectivity index (χ3v) is 6.58. The topological polar surface area (TPSA) is 42.9 Å². The maximum absolute atomic E-state index is 4.46. The number of aryl methyl sites for hydroxylation is 1. The number of nitrogens with zero attached hydrogens (tertiary/aromatic N) is 3. The second-order valence-electron chi connectivity index (χ2n) is 8.48. The summed E-state index contributed by atoms with van der Waals surface area (Å²) in [5.41, 5.74) is 4.21. The van der Waals surface area contributed by atoms with Gasteiger partial charge in [0, 0.05) is 58.0 Å². The Bertz CT molecular complexity index is 671. The lowest BCUT2D eigenvalue weighted by Crippen LogP contribution is -2.45. The van der Waals surface area contributed by atoms with Crippen LogP contribution < -0.4 is 15.5 Å². The molecule has 1 unspecified atom stereocenters. The largest absolute Gasteiger partial charge is 0.374 e. The van der Waals surface area contributed by atoms with E-state index in [1.807, 2.05) is 7.05 Å². The molecule has 2 N–H and O–H groups in total. The molecule has 1 aromatic rings. The Balaban J connectivity index is 0.00000225. The Labute approximate surface area is 187 Å². The Morgan fingerprint density at radius 3 is 2.75 bits per heavy atom. The first-order chi connectivity index (χ1) is 13.2. The molecule has 5 nitrogen and oxygen atoms in total. The average molecular weight is 497 g/mol. The van der Waals surface area contributed by atoms with Crippen LogP contribution in [-0.4, -0.2) is 56.7 Å². The monoisotopic (exact) mass is 497 g/mol. The zero-order valence-corrected chi connectivity index (χ0v) is 19.7. The molecule has 28 heavy (non-hydrogen) atoms. The number of aliphatic imine (C=N–C) groups is 1. The highest BCUT2D eigenvalue weighted by Crippen LogP contribution is 2.27. The van der Waals surface area contributed by atoms with E-state index in [9.17, 15) is 0 Å². The molecule has 1 saturated heterocycles. The SMILES string of the molecule is CN=C(NCc1ccc2c(c1)CCCN2C)NC1CCN(C2CCCC2)C1.I. The van der Waals surface area contributed by atoms with Crippen molar-refractivity contribution in [3.8, 4) is 0 Å². The summed E-state index contributed by atoms with van der Waals surface area (Å²) in [6, 6.07) is 8.24. The van der Waals surface area contributed by atoms with Gasteiger partial charge in [0.2, 0.25) is 0 Å². The minimum atomic E-state index is 0. The maximum Gasteiger partial charge on any atom is 0.191 e. The van der Waals surface area contributed by atoms with Gasteiger partial charge >= 0.3 is 0 Å². The Kier molecular flexibility index (Phi) is 7.85. The van der Waals surface area contributed by atoms with E-state index in [1.165, 1.54) is 74.8 Å². The van der Waals surface area contributed by atoms with Crippen LogP contribution in [0.5, 0.6) is 0 Å². The van der Waals surface area contributed by atoms with Crippen LogP contribution in [0.15, 0.2) is 23.2 Å². The highest BCUT2D eigenvalue weighted by molar-refractivity contribution is 14.0. The zero-order valence-electron chi connectivity index (χ0n) is 17.4. The number of hydrogen-bond acceptors (Lipinski definition) is 3. The van der Waals surface area contributed by atoms with Gasteiger partial charge in [0.1, 0.15) is 0 Å². The first kappa shape index (κ1) is 21.7. The number of halogens is 1. The number of benzene rings is 1. The van der Waals surface area contributed by atoms with Crippen molar-refractivity contribution in [1.82, 2.24) is 15.5 Å². The number of anilines is 1. The molecule has 3 aliphatic rings. The maximum atomic E-state index is 4.46. The Morgan fingerprint density at radius 2 is 1.96 bits per heavy atom. The van der Waals surface area contributed by atoms with Crippen molar-refractivity contribution in [2.45, 2.75) is 63.6 Å². The second-order valence-corrected chi connectivity index (χ2v) is 8.48. The fourth-order valence-corrected chi connectivity index (χ4v) is 5.03. The van der Waals surface area contributed by atoms with Crippen molar-refractivity contribution in [2.75, 3.05) is 38.6 Å². The summed E-state index contributed by atoms with van der Waals surface area (Å²) in [6.45, 7) is 4.39. The number of guanidine groups is 1. The summed E-state index contributed by atoms with van der Waals surface area (Å²) in [4.78, 5) is 9.52. The van der Waals surface area contributed by atoms with Crippen LogP contribution in [0.3, 0.4) is 0 Å². The average Bonchev–Trinajstić information content (AvgIpc) is 3.37. The van der Waals surface area contributed by atoms with Crippen molar-refractivity contribution in [2.24, 2.45) is 4.99 Å². The van der Waals surface area contributed by atoms with E-state index >= 15 is 0 Å². The van der Waals surface area contributed by atoms with E-state index in [0.717, 1.165) is 25.1 Å². The Morgan fingerprint density at radius 1 is 1.14 bits per heavy atom. The first-order valence-electron chi connectivity index (χ1n) is 10.8. The smallest absolute Gasteiger partial charge is 0.191 e. The van der Waals surface area contributed by atoms with Gasteiger partial charge in [-0.25, -0.2) is 0 Å². The van der Waals surface area contributed by atoms with Gasteiger partial charge in [0.05, 0.1) is 0 Å². The predicted molar refractivity (Wildman–Crippen MR) is 129 cm³/mol. The van der Waals surface area contributed by atoms with E-state index in [4.69, 9.17) is 0 Å². The van der Waals surface area contributed by atoms with Gasteiger partial charge in [0.15, 0.2) is 5.96 Å². The summed E-state index contributed by atoms with van der Waals surface area (Å²) < 4.78 is 0. The molecular formula is C22H36IN5. The molecule has 1 aliphatic carbocycles. The summed E-state index contributed by atoms with van der Waals surface area (Å²) in [6.07, 6.45) is 9.29. The van der Waals surface area contributed by atoms with E-state index < -0.39 is 0 Å². The van der Waals surface area contributed by atoms with Gasteiger partial charge in [-0.2, -0.15) is 0 Å². The minimum Gasteiger partial charge on any atom is -0.374 e. The van der Waals surface area contributed by atoms with Gasteiger partial charge in [-0.3, -0.25) is 9.89 Å². The third-order valence-electron chi connectivity index (χ3n) is 6.58. The molecule has 4 rings (SSSR count). The van der Waals surface area contributed by atoms with Crippen LogP contribution in [0.2, 0.25) is 0 Å². The first-order valence-corrected chi connectivity index (χ1v) is 10.8. The molecule has 2 fully saturated rings. The summed E-state index contributed by atoms with van der Waals surface area (Å²) in [5.74, 6) is 0.933. The van der Waals surface area contributed by atoms with Crippen molar-refractivity contribution in [1.29, 1.82) is 0 Å². The molecule has 6 heteroatoms. The lowest BCUT2D eigenvalue weighted by atomic mass is 9.99. The van der Waals surface area contributed by atoms with Crippen molar-refractivity contribution in [3.05, 3.63) is 29.3 Å². The normalized spacial score (nSPS) is 23.4. The lowest BCUT2D eigenvalue weighted by molar-refractivity contribution is 0.242. The highest BCUT2D eigenvalue weighted by atomic mass is 127. The second kappa shape index (κ2) is 10.1. The molecule has 2 aliphatic heterocycles. The van der Waals surface area contributed by atoms with Crippen LogP contribution in [0.25, 0.3) is 0 Å². The molecule has 156 valence electrons. The molecule has 0 spiro atoms. The number of fused-ring (bicyclic) bond motifs is 1. The molecule has 1 saturated carbocycles. The van der Waals surface area contributed by atoms with Gasteiger partial charge < -0.3 is 15.5 Å². The van der Waals surface area contributed by atoms with Crippen LogP contribution in [0.4, 0.5) is 5.69 Å². The number of likely N-dealkylation sites (tertiary alicyclic amines) is 1. The standard InChI is InChI=1S/C22H35N5.HI/c1-23-22(25-19-11-13-27(16-19)20-7-3-4-8-20)24-15-17-9-10-21-18(14-17)6-5-12-26(21)2;/h9-10,14,19-20H,3-8,11-13,15-16H2,1-2H3,(H2,23,24,25);1H.